The molecule has 0 bridgehead atoms. The van der Waals surface area contributed by atoms with E-state index in [1.54, 1.807) is 6.92 Å². The summed E-state index contributed by atoms with van der Waals surface area (Å²) in [6, 6.07) is 7.88. The Balaban J connectivity index is 2.52. The molecule has 0 aliphatic carbocycles. The summed E-state index contributed by atoms with van der Waals surface area (Å²) in [5.74, 6) is -0.299. The van der Waals surface area contributed by atoms with Crippen molar-refractivity contribution in [2.24, 2.45) is 0 Å². The zero-order valence-corrected chi connectivity index (χ0v) is 11.6. The highest BCUT2D eigenvalue weighted by atomic mass is 35.5. The highest BCUT2D eigenvalue weighted by molar-refractivity contribution is 6.30. The third-order valence-electron chi connectivity index (χ3n) is 2.69. The second-order valence-corrected chi connectivity index (χ2v) is 4.50. The molecule has 1 N–H and O–H groups in total. The predicted octanol–water partition coefficient (Wildman–Crippen LogP) is 3.11. The van der Waals surface area contributed by atoms with Gasteiger partial charge in [-0.15, -0.1) is 0 Å². The molecule has 1 atom stereocenters. The number of halogens is 1. The summed E-state index contributed by atoms with van der Waals surface area (Å²) < 4.78 is 4.62. The quantitative estimate of drug-likeness (QED) is 0.658. The number of carbonyl (C=O) groups is 1. The number of benzene rings is 1. The summed E-state index contributed by atoms with van der Waals surface area (Å²) in [6.07, 6.45) is 1.81. The van der Waals surface area contributed by atoms with Crippen LogP contribution in [-0.4, -0.2) is 19.6 Å². The van der Waals surface area contributed by atoms with Crippen molar-refractivity contribution < 1.29 is 9.53 Å². The van der Waals surface area contributed by atoms with Crippen molar-refractivity contribution in [1.82, 2.24) is 5.32 Å². The first-order valence-electron chi connectivity index (χ1n) is 5.78. The summed E-state index contributed by atoms with van der Waals surface area (Å²) in [5.41, 5.74) is 1.72. The molecule has 1 aromatic rings. The molecule has 3 nitrogen and oxygen atoms in total. The van der Waals surface area contributed by atoms with Crippen LogP contribution in [0.3, 0.4) is 0 Å². The van der Waals surface area contributed by atoms with Gasteiger partial charge in [0.15, 0.2) is 0 Å². The van der Waals surface area contributed by atoms with E-state index in [4.69, 9.17) is 11.6 Å². The lowest BCUT2D eigenvalue weighted by Gasteiger charge is -2.13. The van der Waals surface area contributed by atoms with Crippen molar-refractivity contribution >= 4 is 17.6 Å². The Hall–Kier alpha value is -1.32. The second kappa shape index (κ2) is 7.19. The topological polar surface area (TPSA) is 38.3 Å². The summed E-state index contributed by atoms with van der Waals surface area (Å²) in [4.78, 5) is 11.2. The van der Waals surface area contributed by atoms with Crippen molar-refractivity contribution in [3.8, 4) is 0 Å². The van der Waals surface area contributed by atoms with Gasteiger partial charge >= 0.3 is 5.97 Å². The van der Waals surface area contributed by atoms with E-state index >= 15 is 0 Å². The zero-order chi connectivity index (χ0) is 13.5. The van der Waals surface area contributed by atoms with Gasteiger partial charge in [-0.05, 0) is 31.5 Å². The second-order valence-electron chi connectivity index (χ2n) is 4.06. The number of hydrogen-bond acceptors (Lipinski definition) is 3. The number of methoxy groups -OCH3 is 1. The summed E-state index contributed by atoms with van der Waals surface area (Å²) in [5, 5.41) is 4.02. The Morgan fingerprint density at radius 2 is 2.28 bits per heavy atom. The highest BCUT2D eigenvalue weighted by Crippen LogP contribution is 2.17. The van der Waals surface area contributed by atoms with Gasteiger partial charge in [0, 0.05) is 23.2 Å². The van der Waals surface area contributed by atoms with E-state index in [0.717, 1.165) is 10.6 Å². The third-order valence-corrected chi connectivity index (χ3v) is 2.92. The van der Waals surface area contributed by atoms with Crippen LogP contribution >= 0.6 is 11.6 Å². The molecular weight excluding hydrogens is 250 g/mol. The molecule has 0 saturated heterocycles. The lowest BCUT2D eigenvalue weighted by Crippen LogP contribution is -2.19. The molecule has 4 heteroatoms. The molecule has 0 saturated carbocycles. The highest BCUT2D eigenvalue weighted by Gasteiger charge is 2.05. The minimum Gasteiger partial charge on any atom is -0.466 e. The average molecular weight is 268 g/mol. The number of esters is 1. The first-order chi connectivity index (χ1) is 8.54. The van der Waals surface area contributed by atoms with Crippen LogP contribution in [0.15, 0.2) is 35.9 Å². The first kappa shape index (κ1) is 14.7. The Bertz CT molecular complexity index is 443. The van der Waals surface area contributed by atoms with Crippen molar-refractivity contribution in [3.63, 3.8) is 0 Å². The fraction of sp³-hybridized carbons (Fsp3) is 0.357. The van der Waals surface area contributed by atoms with Crippen LogP contribution in [0.4, 0.5) is 0 Å². The zero-order valence-electron chi connectivity index (χ0n) is 10.9. The van der Waals surface area contributed by atoms with E-state index < -0.39 is 0 Å². The van der Waals surface area contributed by atoms with Crippen molar-refractivity contribution in [2.45, 2.75) is 19.9 Å². The van der Waals surface area contributed by atoms with Crippen LogP contribution in [0, 0.1) is 0 Å². The third kappa shape index (κ3) is 4.51. The molecule has 0 heterocycles. The maximum absolute atomic E-state index is 11.2. The molecule has 0 unspecified atom stereocenters. The predicted molar refractivity (Wildman–Crippen MR) is 73.6 cm³/mol. The minimum atomic E-state index is -0.299. The lowest BCUT2D eigenvalue weighted by atomic mass is 10.1. The SMILES string of the molecule is COC(=O)/C(C)=C/CN[C@@H](C)c1cccc(Cl)c1. The molecule has 0 spiro atoms. The van der Waals surface area contributed by atoms with E-state index in [2.05, 4.69) is 10.1 Å². The van der Waals surface area contributed by atoms with E-state index in [-0.39, 0.29) is 12.0 Å². The molecule has 0 amide bonds. The number of hydrogen-bond donors (Lipinski definition) is 1. The Morgan fingerprint density at radius 1 is 1.56 bits per heavy atom. The van der Waals surface area contributed by atoms with Gasteiger partial charge in [0.05, 0.1) is 7.11 Å². The van der Waals surface area contributed by atoms with Crippen LogP contribution in [0.1, 0.15) is 25.5 Å². The molecule has 98 valence electrons. The maximum Gasteiger partial charge on any atom is 0.333 e. The largest absolute Gasteiger partial charge is 0.466 e. The van der Waals surface area contributed by atoms with Gasteiger partial charge in [-0.2, -0.15) is 0 Å². The minimum absolute atomic E-state index is 0.172. The van der Waals surface area contributed by atoms with Crippen LogP contribution in [0.2, 0.25) is 5.02 Å². The smallest absolute Gasteiger partial charge is 0.333 e. The average Bonchev–Trinajstić information content (AvgIpc) is 2.37. The first-order valence-corrected chi connectivity index (χ1v) is 6.16. The molecule has 0 aliphatic heterocycles. The molecule has 1 rings (SSSR count). The molecule has 0 aromatic heterocycles. The monoisotopic (exact) mass is 267 g/mol. The number of rotatable bonds is 5. The summed E-state index contributed by atoms with van der Waals surface area (Å²) in [6.45, 7) is 4.39. The van der Waals surface area contributed by atoms with Gasteiger partial charge in [0.1, 0.15) is 0 Å². The fourth-order valence-electron chi connectivity index (χ4n) is 1.53. The van der Waals surface area contributed by atoms with Gasteiger partial charge in [0.25, 0.3) is 0 Å². The number of nitrogens with one attached hydrogen (secondary N) is 1. The Labute approximate surface area is 113 Å². The molecular formula is C14H18ClNO2. The summed E-state index contributed by atoms with van der Waals surface area (Å²) >= 11 is 5.93. The standard InChI is InChI=1S/C14H18ClNO2/c1-10(14(17)18-3)7-8-16-11(2)12-5-4-6-13(15)9-12/h4-7,9,11,16H,8H2,1-3H3/b10-7+/t11-/m0/s1. The normalized spacial score (nSPS) is 13.2. The van der Waals surface area contributed by atoms with Crippen molar-refractivity contribution in [1.29, 1.82) is 0 Å². The van der Waals surface area contributed by atoms with Gasteiger partial charge in [-0.1, -0.05) is 29.8 Å². The van der Waals surface area contributed by atoms with Gasteiger partial charge in [-0.25, -0.2) is 4.79 Å². The van der Waals surface area contributed by atoms with E-state index in [0.29, 0.717) is 12.1 Å². The van der Waals surface area contributed by atoms with Crippen LogP contribution < -0.4 is 5.32 Å². The van der Waals surface area contributed by atoms with Crippen molar-refractivity contribution in [3.05, 3.63) is 46.5 Å². The molecule has 18 heavy (non-hydrogen) atoms. The Morgan fingerprint density at radius 3 is 2.89 bits per heavy atom. The van der Waals surface area contributed by atoms with Gasteiger partial charge in [-0.3, -0.25) is 0 Å². The molecule has 0 aliphatic rings. The number of ether oxygens (including phenoxy) is 1. The van der Waals surface area contributed by atoms with E-state index in [9.17, 15) is 4.79 Å². The lowest BCUT2D eigenvalue weighted by molar-refractivity contribution is -0.136. The van der Waals surface area contributed by atoms with Crippen molar-refractivity contribution in [2.75, 3.05) is 13.7 Å². The Kier molecular flexibility index (Phi) is 5.89. The van der Waals surface area contributed by atoms with E-state index in [1.165, 1.54) is 7.11 Å². The van der Waals surface area contributed by atoms with E-state index in [1.807, 2.05) is 37.3 Å². The molecule has 0 radical (unpaired) electrons. The van der Waals surface area contributed by atoms with Crippen LogP contribution in [0.25, 0.3) is 0 Å². The van der Waals surface area contributed by atoms with Crippen LogP contribution in [0.5, 0.6) is 0 Å². The van der Waals surface area contributed by atoms with Gasteiger partial charge < -0.3 is 10.1 Å². The van der Waals surface area contributed by atoms with Gasteiger partial charge in [0.2, 0.25) is 0 Å². The molecule has 0 fully saturated rings. The van der Waals surface area contributed by atoms with Crippen LogP contribution in [-0.2, 0) is 9.53 Å². The fourth-order valence-corrected chi connectivity index (χ4v) is 1.73. The summed E-state index contributed by atoms with van der Waals surface area (Å²) in [7, 11) is 1.38. The number of carbonyl (C=O) groups excluding carboxylic acids is 1. The maximum atomic E-state index is 11.2. The molecule has 1 aromatic carbocycles.